The van der Waals surface area contributed by atoms with E-state index in [1.165, 1.54) is 35.5 Å². The summed E-state index contributed by atoms with van der Waals surface area (Å²) >= 11 is 0. The first kappa shape index (κ1) is 22.3. The minimum absolute atomic E-state index is 0.0246. The Morgan fingerprint density at radius 1 is 1.00 bits per heavy atom. The van der Waals surface area contributed by atoms with Gasteiger partial charge in [-0.3, -0.25) is 19.3 Å². The highest BCUT2D eigenvalue weighted by Gasteiger charge is 2.44. The number of hydrogen-bond donors (Lipinski definition) is 0. The Hall–Kier alpha value is -2.95. The number of piperazine rings is 1. The van der Waals surface area contributed by atoms with Gasteiger partial charge in [0.15, 0.2) is 5.78 Å². The standard InChI is InChI=1S/C22H22FN3O5S/c1-15(27)16-5-4-6-17(13-16)26-21(28)14-19(22(26)29)24-9-11-25(12-10-24)32(30,31)20-8-3-2-7-18(20)23/h2-8,13,19H,9-12,14H2,1H3/t19-/m1/s1. The van der Waals surface area contributed by atoms with Crippen LogP contribution in [0.3, 0.4) is 0 Å². The molecule has 2 aromatic rings. The van der Waals surface area contributed by atoms with Crippen LogP contribution in [-0.4, -0.2) is 67.4 Å². The highest BCUT2D eigenvalue weighted by Crippen LogP contribution is 2.28. The summed E-state index contributed by atoms with van der Waals surface area (Å²) in [6.07, 6.45) is -0.0246. The number of hydrogen-bond acceptors (Lipinski definition) is 6. The molecule has 2 aromatic carbocycles. The monoisotopic (exact) mass is 459 g/mol. The molecule has 32 heavy (non-hydrogen) atoms. The second kappa shape index (κ2) is 8.53. The van der Waals surface area contributed by atoms with Gasteiger partial charge in [0.05, 0.1) is 18.2 Å². The number of amides is 2. The van der Waals surface area contributed by atoms with Gasteiger partial charge in [0.1, 0.15) is 10.7 Å². The first-order valence-corrected chi connectivity index (χ1v) is 11.6. The van der Waals surface area contributed by atoms with Crippen LogP contribution in [-0.2, 0) is 19.6 Å². The molecular weight excluding hydrogens is 437 g/mol. The van der Waals surface area contributed by atoms with E-state index in [1.54, 1.807) is 23.1 Å². The Balaban J connectivity index is 1.47. The molecule has 2 amide bonds. The molecule has 1 atom stereocenters. The number of nitrogens with zero attached hydrogens (tertiary/aromatic N) is 3. The topological polar surface area (TPSA) is 95.1 Å². The van der Waals surface area contributed by atoms with Crippen LogP contribution in [0.25, 0.3) is 0 Å². The molecule has 4 rings (SSSR count). The predicted octanol–water partition coefficient (Wildman–Crippen LogP) is 1.67. The van der Waals surface area contributed by atoms with Crippen molar-refractivity contribution < 1.29 is 27.2 Å². The third kappa shape index (κ3) is 3.96. The molecule has 168 valence electrons. The van der Waals surface area contributed by atoms with E-state index in [1.807, 2.05) is 0 Å². The lowest BCUT2D eigenvalue weighted by Gasteiger charge is -2.36. The molecule has 2 aliphatic rings. The van der Waals surface area contributed by atoms with E-state index in [4.69, 9.17) is 0 Å². The van der Waals surface area contributed by atoms with Crippen LogP contribution in [0.5, 0.6) is 0 Å². The van der Waals surface area contributed by atoms with Crippen LogP contribution in [0, 0.1) is 5.82 Å². The van der Waals surface area contributed by atoms with Crippen molar-refractivity contribution in [1.82, 2.24) is 9.21 Å². The molecule has 0 aliphatic carbocycles. The number of carbonyl (C=O) groups excluding carboxylic acids is 3. The Morgan fingerprint density at radius 2 is 1.69 bits per heavy atom. The summed E-state index contributed by atoms with van der Waals surface area (Å²) in [6, 6.07) is 10.9. The van der Waals surface area contributed by atoms with E-state index < -0.39 is 27.8 Å². The highest BCUT2D eigenvalue weighted by atomic mass is 32.2. The summed E-state index contributed by atoms with van der Waals surface area (Å²) in [5, 5.41) is 0. The molecule has 2 aliphatic heterocycles. The van der Waals surface area contributed by atoms with Crippen molar-refractivity contribution in [2.75, 3.05) is 31.1 Å². The van der Waals surface area contributed by atoms with Gasteiger partial charge >= 0.3 is 0 Å². The summed E-state index contributed by atoms with van der Waals surface area (Å²) in [5.41, 5.74) is 0.745. The highest BCUT2D eigenvalue weighted by molar-refractivity contribution is 7.89. The fourth-order valence-electron chi connectivity index (χ4n) is 4.09. The quantitative estimate of drug-likeness (QED) is 0.499. The van der Waals surface area contributed by atoms with Gasteiger partial charge in [-0.25, -0.2) is 17.7 Å². The van der Waals surface area contributed by atoms with Crippen LogP contribution >= 0.6 is 0 Å². The first-order valence-electron chi connectivity index (χ1n) is 10.2. The Labute approximate surface area is 185 Å². The van der Waals surface area contributed by atoms with Crippen molar-refractivity contribution in [3.05, 3.63) is 59.9 Å². The molecule has 0 saturated carbocycles. The fourth-order valence-corrected chi connectivity index (χ4v) is 5.57. The normalized spacial score (nSPS) is 20.7. The van der Waals surface area contributed by atoms with Crippen molar-refractivity contribution in [2.45, 2.75) is 24.3 Å². The number of benzene rings is 2. The van der Waals surface area contributed by atoms with Crippen molar-refractivity contribution in [3.63, 3.8) is 0 Å². The average Bonchev–Trinajstić information content (AvgIpc) is 3.08. The van der Waals surface area contributed by atoms with E-state index in [0.29, 0.717) is 11.3 Å². The summed E-state index contributed by atoms with van der Waals surface area (Å²) in [6.45, 7) is 2.03. The van der Waals surface area contributed by atoms with Crippen LogP contribution in [0.4, 0.5) is 10.1 Å². The molecule has 0 aromatic heterocycles. The van der Waals surface area contributed by atoms with E-state index in [9.17, 15) is 27.2 Å². The molecule has 0 bridgehead atoms. The van der Waals surface area contributed by atoms with Gasteiger partial charge in [-0.05, 0) is 31.2 Å². The number of imide groups is 1. The second-order valence-electron chi connectivity index (χ2n) is 7.76. The number of Topliss-reactive ketones (excluding diaryl/α,β-unsaturated/α-hetero) is 1. The Kier molecular flexibility index (Phi) is 5.93. The first-order chi connectivity index (χ1) is 15.2. The van der Waals surface area contributed by atoms with E-state index in [-0.39, 0.29) is 49.2 Å². The van der Waals surface area contributed by atoms with Crippen LogP contribution in [0.2, 0.25) is 0 Å². The third-order valence-electron chi connectivity index (χ3n) is 5.80. The maximum atomic E-state index is 14.0. The second-order valence-corrected chi connectivity index (χ2v) is 9.67. The minimum atomic E-state index is -3.99. The zero-order chi connectivity index (χ0) is 23.0. The van der Waals surface area contributed by atoms with E-state index in [2.05, 4.69) is 0 Å². The number of ketones is 1. The summed E-state index contributed by atoms with van der Waals surface area (Å²) < 4.78 is 40.8. The Bertz CT molecular complexity index is 1190. The van der Waals surface area contributed by atoms with Gasteiger partial charge < -0.3 is 0 Å². The smallest absolute Gasteiger partial charge is 0.251 e. The number of anilines is 1. The molecular formula is C22H22FN3O5S. The number of sulfonamides is 1. The van der Waals surface area contributed by atoms with E-state index in [0.717, 1.165) is 11.0 Å². The molecule has 2 fully saturated rings. The fraction of sp³-hybridized carbons (Fsp3) is 0.318. The summed E-state index contributed by atoms with van der Waals surface area (Å²) in [4.78, 5) is 39.8. The minimum Gasteiger partial charge on any atom is -0.295 e. The van der Waals surface area contributed by atoms with Gasteiger partial charge in [-0.15, -0.1) is 0 Å². The largest absolute Gasteiger partial charge is 0.295 e. The van der Waals surface area contributed by atoms with E-state index >= 15 is 0 Å². The Morgan fingerprint density at radius 3 is 2.34 bits per heavy atom. The number of rotatable bonds is 5. The molecule has 2 heterocycles. The van der Waals surface area contributed by atoms with Crippen LogP contribution < -0.4 is 4.90 Å². The summed E-state index contributed by atoms with van der Waals surface area (Å²) in [5.74, 6) is -1.76. The molecule has 0 N–H and O–H groups in total. The van der Waals surface area contributed by atoms with Crippen LogP contribution in [0.15, 0.2) is 53.4 Å². The lowest BCUT2D eigenvalue weighted by atomic mass is 10.1. The molecule has 0 radical (unpaired) electrons. The molecule has 0 spiro atoms. The zero-order valence-electron chi connectivity index (χ0n) is 17.4. The van der Waals surface area contributed by atoms with Crippen molar-refractivity contribution in [1.29, 1.82) is 0 Å². The van der Waals surface area contributed by atoms with Crippen molar-refractivity contribution in [2.24, 2.45) is 0 Å². The van der Waals surface area contributed by atoms with Crippen molar-refractivity contribution in [3.8, 4) is 0 Å². The zero-order valence-corrected chi connectivity index (χ0v) is 18.2. The maximum absolute atomic E-state index is 14.0. The van der Waals surface area contributed by atoms with Crippen LogP contribution in [0.1, 0.15) is 23.7 Å². The van der Waals surface area contributed by atoms with Gasteiger partial charge in [0.25, 0.3) is 5.91 Å². The lowest BCUT2D eigenvalue weighted by molar-refractivity contribution is -0.123. The van der Waals surface area contributed by atoms with Gasteiger partial charge in [-0.2, -0.15) is 4.31 Å². The maximum Gasteiger partial charge on any atom is 0.251 e. The molecule has 10 heteroatoms. The molecule has 8 nitrogen and oxygen atoms in total. The summed E-state index contributed by atoms with van der Waals surface area (Å²) in [7, 11) is -3.99. The number of carbonyl (C=O) groups is 3. The third-order valence-corrected chi connectivity index (χ3v) is 7.73. The van der Waals surface area contributed by atoms with Crippen molar-refractivity contribution >= 4 is 33.3 Å². The SMILES string of the molecule is CC(=O)c1cccc(N2C(=O)C[C@@H](N3CCN(S(=O)(=O)c4ccccc4F)CC3)C2=O)c1. The van der Waals surface area contributed by atoms with Gasteiger partial charge in [0.2, 0.25) is 15.9 Å². The van der Waals surface area contributed by atoms with Gasteiger partial charge in [0, 0.05) is 31.7 Å². The molecule has 0 unspecified atom stereocenters. The van der Waals surface area contributed by atoms with Gasteiger partial charge in [-0.1, -0.05) is 24.3 Å². The molecule has 2 saturated heterocycles. The average molecular weight is 459 g/mol. The predicted molar refractivity (Wildman–Crippen MR) is 114 cm³/mol. The number of halogens is 1. The lowest BCUT2D eigenvalue weighted by Crippen LogP contribution is -2.53.